The van der Waals surface area contributed by atoms with Crippen molar-refractivity contribution in [3.8, 4) is 0 Å². The Balaban J connectivity index is 2.01. The molecule has 0 radical (unpaired) electrons. The average molecular weight is 408 g/mol. The summed E-state index contributed by atoms with van der Waals surface area (Å²) in [6.07, 6.45) is -0.0571. The molecule has 0 aromatic heterocycles. The van der Waals surface area contributed by atoms with Gasteiger partial charge in [-0.1, -0.05) is 48.0 Å². The van der Waals surface area contributed by atoms with E-state index in [1.54, 1.807) is 18.2 Å². The second-order valence-corrected chi connectivity index (χ2v) is 7.29. The summed E-state index contributed by atoms with van der Waals surface area (Å²) in [6, 6.07) is 19.3. The summed E-state index contributed by atoms with van der Waals surface area (Å²) in [4.78, 5) is 24.0. The summed E-state index contributed by atoms with van der Waals surface area (Å²) in [5, 5.41) is 8.73. The minimum Gasteiger partial charge on any atom is -0.370 e. The molecule has 0 atom stereocenters. The minimum atomic E-state index is -0.527. The van der Waals surface area contributed by atoms with Crippen LogP contribution in [-0.2, 0) is 9.59 Å². The Labute approximate surface area is 174 Å². The first-order chi connectivity index (χ1) is 13.8. The maximum atomic E-state index is 12.8. The molecule has 0 aliphatic heterocycles. The third-order valence-corrected chi connectivity index (χ3v) is 4.86. The van der Waals surface area contributed by atoms with Crippen LogP contribution >= 0.6 is 11.6 Å². The lowest BCUT2D eigenvalue weighted by Crippen LogP contribution is -2.28. The molecule has 2 N–H and O–H groups in total. The average Bonchev–Trinajstić information content (AvgIpc) is 2.70. The highest BCUT2D eigenvalue weighted by Crippen LogP contribution is 2.26. The molecule has 0 bridgehead atoms. The molecule has 0 aliphatic carbocycles. The molecule has 2 amide bonds. The largest absolute Gasteiger partial charge is 0.370 e. The molecule has 5 nitrogen and oxygen atoms in total. The Morgan fingerprint density at radius 2 is 1.72 bits per heavy atom. The van der Waals surface area contributed by atoms with Crippen LogP contribution in [-0.4, -0.2) is 17.5 Å². The number of primary amides is 1. The van der Waals surface area contributed by atoms with E-state index < -0.39 is 5.91 Å². The molecule has 3 aromatic carbocycles. The first-order valence-electron chi connectivity index (χ1n) is 9.27. The number of hydrogen-bond acceptors (Lipinski definition) is 3. The summed E-state index contributed by atoms with van der Waals surface area (Å²) in [6.45, 7) is 3.71. The van der Waals surface area contributed by atoms with Gasteiger partial charge in [0.05, 0.1) is 11.4 Å². The van der Waals surface area contributed by atoms with E-state index in [2.05, 4.69) is 5.10 Å². The van der Waals surface area contributed by atoms with E-state index in [9.17, 15) is 9.59 Å². The lowest BCUT2D eigenvalue weighted by atomic mass is 10.0. The summed E-state index contributed by atoms with van der Waals surface area (Å²) in [5.74, 6) is -0.837. The first-order valence-corrected chi connectivity index (χ1v) is 9.65. The van der Waals surface area contributed by atoms with Gasteiger partial charge in [0.1, 0.15) is 0 Å². The number of carbonyl (C=O) groups excluding carboxylic acids is 2. The van der Waals surface area contributed by atoms with E-state index in [0.29, 0.717) is 16.4 Å². The topological polar surface area (TPSA) is 75.8 Å². The molecular weight excluding hydrogens is 386 g/mol. The Morgan fingerprint density at radius 3 is 2.41 bits per heavy atom. The Hall–Kier alpha value is -3.18. The van der Waals surface area contributed by atoms with Gasteiger partial charge in [0, 0.05) is 17.9 Å². The molecule has 29 heavy (non-hydrogen) atoms. The highest BCUT2D eigenvalue weighted by Gasteiger charge is 2.19. The standard InChI is InChI=1S/C23H22ClN3O2/c1-15-13-20(24)9-10-21(15)27(23(29)12-11-22(25)28)26-16(2)18-8-7-17-5-3-4-6-19(17)14-18/h3-10,13-14H,11-12H2,1-2H3,(H2,25,28). The summed E-state index contributed by atoms with van der Waals surface area (Å²) in [7, 11) is 0. The third-order valence-electron chi connectivity index (χ3n) is 4.63. The Bertz CT molecular complexity index is 1110. The van der Waals surface area contributed by atoms with Crippen LogP contribution < -0.4 is 10.7 Å². The van der Waals surface area contributed by atoms with Crippen molar-refractivity contribution in [2.24, 2.45) is 10.8 Å². The van der Waals surface area contributed by atoms with E-state index >= 15 is 0 Å². The van der Waals surface area contributed by atoms with Crippen molar-refractivity contribution in [1.82, 2.24) is 0 Å². The second kappa shape index (κ2) is 8.88. The number of carbonyl (C=O) groups is 2. The molecule has 0 unspecified atom stereocenters. The number of anilines is 1. The SMILES string of the molecule is CC(=NN(C(=O)CCC(N)=O)c1ccc(Cl)cc1C)c1ccc2ccccc2c1. The van der Waals surface area contributed by atoms with E-state index in [1.807, 2.05) is 56.3 Å². The number of amides is 2. The number of halogens is 1. The second-order valence-electron chi connectivity index (χ2n) is 6.85. The monoisotopic (exact) mass is 407 g/mol. The fourth-order valence-corrected chi connectivity index (χ4v) is 3.29. The van der Waals surface area contributed by atoms with Crippen LogP contribution in [0.15, 0.2) is 65.8 Å². The number of hydrogen-bond donors (Lipinski definition) is 1. The molecule has 6 heteroatoms. The fourth-order valence-electron chi connectivity index (χ4n) is 3.06. The zero-order valence-electron chi connectivity index (χ0n) is 16.4. The molecule has 0 saturated heterocycles. The summed E-state index contributed by atoms with van der Waals surface area (Å²) < 4.78 is 0. The van der Waals surface area contributed by atoms with Gasteiger partial charge in [-0.05, 0) is 60.0 Å². The van der Waals surface area contributed by atoms with Gasteiger partial charge in [-0.3, -0.25) is 9.59 Å². The number of aryl methyl sites for hydroxylation is 1. The number of nitrogens with zero attached hydrogens (tertiary/aromatic N) is 2. The number of rotatable bonds is 6. The van der Waals surface area contributed by atoms with E-state index in [1.165, 1.54) is 5.01 Å². The van der Waals surface area contributed by atoms with E-state index in [-0.39, 0.29) is 18.7 Å². The van der Waals surface area contributed by atoms with Gasteiger partial charge in [-0.25, -0.2) is 5.01 Å². The van der Waals surface area contributed by atoms with Gasteiger partial charge in [-0.15, -0.1) is 0 Å². The van der Waals surface area contributed by atoms with Crippen molar-refractivity contribution in [2.75, 3.05) is 5.01 Å². The van der Waals surface area contributed by atoms with Crippen molar-refractivity contribution in [1.29, 1.82) is 0 Å². The van der Waals surface area contributed by atoms with Crippen LogP contribution in [0.4, 0.5) is 5.69 Å². The smallest absolute Gasteiger partial charge is 0.247 e. The Morgan fingerprint density at radius 1 is 1.00 bits per heavy atom. The van der Waals surface area contributed by atoms with Crippen LogP contribution in [0.3, 0.4) is 0 Å². The zero-order chi connectivity index (χ0) is 21.0. The summed E-state index contributed by atoms with van der Waals surface area (Å²) >= 11 is 6.06. The Kier molecular flexibility index (Phi) is 6.29. The molecule has 3 aromatic rings. The zero-order valence-corrected chi connectivity index (χ0v) is 17.1. The normalized spacial score (nSPS) is 11.5. The van der Waals surface area contributed by atoms with E-state index in [0.717, 1.165) is 21.9 Å². The molecular formula is C23H22ClN3O2. The number of benzene rings is 3. The molecule has 3 rings (SSSR count). The highest BCUT2D eigenvalue weighted by atomic mass is 35.5. The lowest BCUT2D eigenvalue weighted by Gasteiger charge is -2.20. The number of nitrogens with two attached hydrogens (primary N) is 1. The number of fused-ring (bicyclic) bond motifs is 1. The molecule has 148 valence electrons. The predicted molar refractivity (Wildman–Crippen MR) is 118 cm³/mol. The molecule has 0 aliphatic rings. The van der Waals surface area contributed by atoms with Crippen LogP contribution in [0, 0.1) is 6.92 Å². The molecule has 0 fully saturated rings. The third kappa shape index (κ3) is 5.00. The minimum absolute atomic E-state index is 0.0219. The maximum absolute atomic E-state index is 12.8. The van der Waals surface area contributed by atoms with E-state index in [4.69, 9.17) is 17.3 Å². The van der Waals surface area contributed by atoms with Crippen LogP contribution in [0.5, 0.6) is 0 Å². The van der Waals surface area contributed by atoms with Crippen molar-refractivity contribution in [2.45, 2.75) is 26.7 Å². The maximum Gasteiger partial charge on any atom is 0.247 e. The van der Waals surface area contributed by atoms with Gasteiger partial charge >= 0.3 is 0 Å². The van der Waals surface area contributed by atoms with Gasteiger partial charge in [0.2, 0.25) is 11.8 Å². The summed E-state index contributed by atoms with van der Waals surface area (Å²) in [5.41, 5.74) is 8.22. The van der Waals surface area contributed by atoms with Crippen LogP contribution in [0.25, 0.3) is 10.8 Å². The predicted octanol–water partition coefficient (Wildman–Crippen LogP) is 4.82. The van der Waals surface area contributed by atoms with Crippen molar-refractivity contribution < 1.29 is 9.59 Å². The van der Waals surface area contributed by atoms with Gasteiger partial charge < -0.3 is 5.73 Å². The molecule has 0 spiro atoms. The molecule has 0 heterocycles. The molecule has 0 saturated carbocycles. The number of hydrazone groups is 1. The van der Waals surface area contributed by atoms with Crippen molar-refractivity contribution in [3.05, 3.63) is 76.8 Å². The first kappa shape index (κ1) is 20.6. The van der Waals surface area contributed by atoms with Crippen LogP contribution in [0.2, 0.25) is 5.02 Å². The fraction of sp³-hybridized carbons (Fsp3) is 0.174. The quantitative estimate of drug-likeness (QED) is 0.469. The highest BCUT2D eigenvalue weighted by molar-refractivity contribution is 6.30. The van der Waals surface area contributed by atoms with Crippen molar-refractivity contribution >= 4 is 45.6 Å². The lowest BCUT2D eigenvalue weighted by molar-refractivity contribution is -0.123. The van der Waals surface area contributed by atoms with Gasteiger partial charge in [-0.2, -0.15) is 5.10 Å². The van der Waals surface area contributed by atoms with Crippen LogP contribution in [0.1, 0.15) is 30.9 Å². The van der Waals surface area contributed by atoms with Gasteiger partial charge in [0.25, 0.3) is 0 Å². The van der Waals surface area contributed by atoms with Crippen molar-refractivity contribution in [3.63, 3.8) is 0 Å². The van der Waals surface area contributed by atoms with Gasteiger partial charge in [0.15, 0.2) is 0 Å².